The summed E-state index contributed by atoms with van der Waals surface area (Å²) in [6, 6.07) is 1.89. The second kappa shape index (κ2) is 5.43. The molecule has 0 unspecified atom stereocenters. The summed E-state index contributed by atoms with van der Waals surface area (Å²) in [5.41, 5.74) is 0. The average Bonchev–Trinajstić information content (AvgIpc) is 2.05. The van der Waals surface area contributed by atoms with Crippen molar-refractivity contribution >= 4 is 28.6 Å². The lowest BCUT2D eigenvalue weighted by Gasteiger charge is -2.03. The zero-order valence-electron chi connectivity index (χ0n) is 6.53. The molecule has 0 fully saturated rings. The highest BCUT2D eigenvalue weighted by Gasteiger charge is 1.93. The summed E-state index contributed by atoms with van der Waals surface area (Å²) in [6.07, 6.45) is 4.38. The molecule has 1 rings (SSSR count). The molecule has 0 aromatic carbocycles. The smallest absolute Gasteiger partial charge is 0.138 e. The molecule has 1 aromatic rings. The van der Waals surface area contributed by atoms with E-state index in [4.69, 9.17) is 4.74 Å². The van der Waals surface area contributed by atoms with Gasteiger partial charge in [0.1, 0.15) is 5.75 Å². The Balaban J connectivity index is 2.41. The summed E-state index contributed by atoms with van der Waals surface area (Å²) in [7, 11) is 0. The van der Waals surface area contributed by atoms with Crippen molar-refractivity contribution in [3.05, 3.63) is 22.9 Å². The molecule has 66 valence electrons. The van der Waals surface area contributed by atoms with Crippen LogP contribution >= 0.6 is 28.6 Å². The lowest BCUT2D eigenvalue weighted by atomic mass is 10.4. The van der Waals surface area contributed by atoms with Crippen LogP contribution in [0.2, 0.25) is 0 Å². The Morgan fingerprint density at radius 1 is 1.50 bits per heavy atom. The minimum absolute atomic E-state index is 0.696. The van der Waals surface area contributed by atoms with E-state index in [9.17, 15) is 0 Å². The van der Waals surface area contributed by atoms with E-state index in [1.54, 1.807) is 12.4 Å². The first-order valence-corrected chi connectivity index (χ1v) is 5.09. The van der Waals surface area contributed by atoms with E-state index in [2.05, 4.69) is 33.5 Å². The third-order valence-electron chi connectivity index (χ3n) is 1.25. The Bertz CT molecular complexity index is 244. The van der Waals surface area contributed by atoms with Crippen LogP contribution in [0.4, 0.5) is 0 Å². The van der Waals surface area contributed by atoms with Crippen molar-refractivity contribution < 1.29 is 4.74 Å². The highest BCUT2D eigenvalue weighted by atomic mass is 79.9. The van der Waals surface area contributed by atoms with Gasteiger partial charge in [0.25, 0.3) is 0 Å². The number of nitrogens with zero attached hydrogens (tertiary/aromatic N) is 1. The van der Waals surface area contributed by atoms with Gasteiger partial charge in [-0.2, -0.15) is 12.6 Å². The van der Waals surface area contributed by atoms with Crippen LogP contribution in [0, 0.1) is 0 Å². The number of thiol groups is 1. The third-order valence-corrected chi connectivity index (χ3v) is 2.00. The predicted molar refractivity (Wildman–Crippen MR) is 55.9 cm³/mol. The molecule has 0 aliphatic rings. The molecule has 0 aliphatic carbocycles. The first kappa shape index (κ1) is 9.86. The van der Waals surface area contributed by atoms with Crippen LogP contribution in [-0.4, -0.2) is 17.3 Å². The van der Waals surface area contributed by atoms with Crippen molar-refractivity contribution in [2.24, 2.45) is 0 Å². The number of rotatable bonds is 4. The number of pyridine rings is 1. The van der Waals surface area contributed by atoms with Crippen molar-refractivity contribution in [3.8, 4) is 5.75 Å². The highest BCUT2D eigenvalue weighted by molar-refractivity contribution is 9.10. The molecule has 0 N–H and O–H groups in total. The first-order valence-electron chi connectivity index (χ1n) is 3.67. The Morgan fingerprint density at radius 3 is 3.00 bits per heavy atom. The largest absolute Gasteiger partial charge is 0.492 e. The molecule has 4 heteroatoms. The number of hydrogen-bond acceptors (Lipinski definition) is 3. The van der Waals surface area contributed by atoms with Crippen LogP contribution in [0.25, 0.3) is 0 Å². The predicted octanol–water partition coefficient (Wildman–Crippen LogP) is 2.54. The van der Waals surface area contributed by atoms with Crippen LogP contribution < -0.4 is 4.74 Å². The van der Waals surface area contributed by atoms with Crippen LogP contribution in [0.1, 0.15) is 6.42 Å². The van der Waals surface area contributed by atoms with Gasteiger partial charge in [-0.25, -0.2) is 0 Å². The Hall–Kier alpha value is -0.220. The summed E-state index contributed by atoms with van der Waals surface area (Å²) >= 11 is 7.40. The van der Waals surface area contributed by atoms with Gasteiger partial charge in [0.2, 0.25) is 0 Å². The van der Waals surface area contributed by atoms with Crippen LogP contribution in [-0.2, 0) is 0 Å². The number of halogens is 1. The van der Waals surface area contributed by atoms with Crippen LogP contribution in [0.15, 0.2) is 22.9 Å². The molecule has 2 nitrogen and oxygen atoms in total. The third kappa shape index (κ3) is 3.45. The van der Waals surface area contributed by atoms with Crippen LogP contribution in [0.3, 0.4) is 0 Å². The minimum atomic E-state index is 0.696. The SMILES string of the molecule is SCCCOc1cncc(Br)c1. The zero-order valence-corrected chi connectivity index (χ0v) is 9.01. The Kier molecular flexibility index (Phi) is 4.46. The van der Waals surface area contributed by atoms with Crippen molar-refractivity contribution in [3.63, 3.8) is 0 Å². The first-order chi connectivity index (χ1) is 5.83. The second-order valence-corrected chi connectivity index (χ2v) is 3.63. The number of hydrogen-bond donors (Lipinski definition) is 1. The molecule has 0 bridgehead atoms. The second-order valence-electron chi connectivity index (χ2n) is 2.26. The molecular formula is C8H10BrNOS. The van der Waals surface area contributed by atoms with E-state index in [-0.39, 0.29) is 0 Å². The van der Waals surface area contributed by atoms with Gasteiger partial charge in [-0.3, -0.25) is 4.98 Å². The molecule has 12 heavy (non-hydrogen) atoms. The minimum Gasteiger partial charge on any atom is -0.492 e. The molecule has 1 aromatic heterocycles. The topological polar surface area (TPSA) is 22.1 Å². The lowest BCUT2D eigenvalue weighted by Crippen LogP contribution is -1.97. The average molecular weight is 248 g/mol. The van der Waals surface area contributed by atoms with E-state index in [0.29, 0.717) is 6.61 Å². The molecule has 0 spiro atoms. The molecule has 1 heterocycles. The quantitative estimate of drug-likeness (QED) is 0.653. The van der Waals surface area contributed by atoms with Crippen molar-refractivity contribution in [2.75, 3.05) is 12.4 Å². The summed E-state index contributed by atoms with van der Waals surface area (Å²) in [5.74, 6) is 1.65. The van der Waals surface area contributed by atoms with Crippen LogP contribution in [0.5, 0.6) is 5.75 Å². The fraction of sp³-hybridized carbons (Fsp3) is 0.375. The van der Waals surface area contributed by atoms with Gasteiger partial charge in [0.15, 0.2) is 0 Å². The number of aromatic nitrogens is 1. The molecule has 0 amide bonds. The van der Waals surface area contributed by atoms with E-state index in [1.165, 1.54) is 0 Å². The maximum Gasteiger partial charge on any atom is 0.138 e. The lowest BCUT2D eigenvalue weighted by molar-refractivity contribution is 0.317. The van der Waals surface area contributed by atoms with Gasteiger partial charge in [-0.15, -0.1) is 0 Å². The summed E-state index contributed by atoms with van der Waals surface area (Å²) in [4.78, 5) is 3.97. The van der Waals surface area contributed by atoms with E-state index < -0.39 is 0 Å². The van der Waals surface area contributed by atoms with Crippen molar-refractivity contribution in [2.45, 2.75) is 6.42 Å². The summed E-state index contributed by atoms with van der Waals surface area (Å²) in [5, 5.41) is 0. The zero-order chi connectivity index (χ0) is 8.81. The normalized spacial score (nSPS) is 9.83. The maximum absolute atomic E-state index is 5.39. The Morgan fingerprint density at radius 2 is 2.33 bits per heavy atom. The van der Waals surface area contributed by atoms with Gasteiger partial charge < -0.3 is 4.74 Å². The molecule has 0 atom stereocenters. The number of ether oxygens (including phenoxy) is 1. The monoisotopic (exact) mass is 247 g/mol. The molecule has 0 saturated carbocycles. The fourth-order valence-electron chi connectivity index (χ4n) is 0.726. The van der Waals surface area contributed by atoms with E-state index >= 15 is 0 Å². The van der Waals surface area contributed by atoms with Crippen molar-refractivity contribution in [1.29, 1.82) is 0 Å². The van der Waals surface area contributed by atoms with Crippen molar-refractivity contribution in [1.82, 2.24) is 4.98 Å². The molecule has 0 aliphatic heterocycles. The van der Waals surface area contributed by atoms with E-state index in [1.807, 2.05) is 6.07 Å². The standard InChI is InChI=1S/C8H10BrNOS/c9-7-4-8(6-10-5-7)11-2-1-3-12/h4-6,12H,1-3H2. The van der Waals surface area contributed by atoms with Gasteiger partial charge >= 0.3 is 0 Å². The Labute approximate surface area is 85.9 Å². The van der Waals surface area contributed by atoms with Gasteiger partial charge in [-0.1, -0.05) is 0 Å². The summed E-state index contributed by atoms with van der Waals surface area (Å²) in [6.45, 7) is 0.696. The van der Waals surface area contributed by atoms with Gasteiger partial charge in [0.05, 0.1) is 12.8 Å². The summed E-state index contributed by atoms with van der Waals surface area (Å²) < 4.78 is 6.32. The van der Waals surface area contributed by atoms with Gasteiger partial charge in [0, 0.05) is 10.7 Å². The van der Waals surface area contributed by atoms with Gasteiger partial charge in [-0.05, 0) is 34.2 Å². The fourth-order valence-corrected chi connectivity index (χ4v) is 1.20. The molecular weight excluding hydrogens is 238 g/mol. The molecule has 0 saturated heterocycles. The highest BCUT2D eigenvalue weighted by Crippen LogP contribution is 2.15. The maximum atomic E-state index is 5.39. The molecule has 0 radical (unpaired) electrons. The van der Waals surface area contributed by atoms with E-state index in [0.717, 1.165) is 22.4 Å².